The lowest BCUT2D eigenvalue weighted by molar-refractivity contribution is -0.385. The second-order valence-corrected chi connectivity index (χ2v) is 5.41. The van der Waals surface area contributed by atoms with Crippen LogP contribution in [-0.2, 0) is 11.3 Å². The van der Waals surface area contributed by atoms with Gasteiger partial charge >= 0.3 is 5.69 Å². The molecular formula is C14H21N5O3. The van der Waals surface area contributed by atoms with Crippen LogP contribution in [0.4, 0.5) is 5.69 Å². The van der Waals surface area contributed by atoms with E-state index in [1.54, 1.807) is 0 Å². The molecule has 2 rings (SSSR count). The second kappa shape index (κ2) is 7.69. The fourth-order valence-corrected chi connectivity index (χ4v) is 2.53. The molecule has 0 aromatic carbocycles. The van der Waals surface area contributed by atoms with Gasteiger partial charge in [-0.05, 0) is 19.3 Å². The van der Waals surface area contributed by atoms with Crippen LogP contribution in [0.1, 0.15) is 19.3 Å². The van der Waals surface area contributed by atoms with Crippen LogP contribution in [0.15, 0.2) is 25.0 Å². The maximum atomic E-state index is 11.9. The highest BCUT2D eigenvalue weighted by Crippen LogP contribution is 2.11. The van der Waals surface area contributed by atoms with Crippen molar-refractivity contribution in [3.8, 4) is 0 Å². The van der Waals surface area contributed by atoms with Crippen molar-refractivity contribution in [2.75, 3.05) is 19.6 Å². The van der Waals surface area contributed by atoms with Gasteiger partial charge in [-0.3, -0.25) is 19.6 Å². The molecule has 0 radical (unpaired) electrons. The Bertz CT molecular complexity index is 534. The van der Waals surface area contributed by atoms with E-state index in [0.29, 0.717) is 0 Å². The summed E-state index contributed by atoms with van der Waals surface area (Å²) >= 11 is 0. The number of hydrogen-bond acceptors (Lipinski definition) is 5. The van der Waals surface area contributed by atoms with Gasteiger partial charge in [-0.15, -0.1) is 6.58 Å². The number of likely N-dealkylation sites (tertiary alicyclic amines) is 1. The Kier molecular flexibility index (Phi) is 5.65. The molecule has 1 aromatic heterocycles. The van der Waals surface area contributed by atoms with Crippen molar-refractivity contribution in [1.29, 1.82) is 0 Å². The van der Waals surface area contributed by atoms with Gasteiger partial charge in [0.1, 0.15) is 18.9 Å². The zero-order chi connectivity index (χ0) is 15.9. The SMILES string of the molecule is C=CCCN1CCC(NC(=O)Cn2cc([N+](=O)[O-])cn2)CC1. The third kappa shape index (κ3) is 4.66. The molecule has 1 aliphatic heterocycles. The summed E-state index contributed by atoms with van der Waals surface area (Å²) in [7, 11) is 0. The number of nitrogens with zero attached hydrogens (tertiary/aromatic N) is 4. The molecule has 1 N–H and O–H groups in total. The van der Waals surface area contributed by atoms with Gasteiger partial charge in [0.05, 0.1) is 4.92 Å². The van der Waals surface area contributed by atoms with Gasteiger partial charge < -0.3 is 10.2 Å². The van der Waals surface area contributed by atoms with Crippen molar-refractivity contribution < 1.29 is 9.72 Å². The van der Waals surface area contributed by atoms with E-state index in [0.717, 1.165) is 45.1 Å². The van der Waals surface area contributed by atoms with E-state index in [1.165, 1.54) is 10.9 Å². The quantitative estimate of drug-likeness (QED) is 0.460. The molecular weight excluding hydrogens is 286 g/mol. The van der Waals surface area contributed by atoms with Crippen LogP contribution in [0.3, 0.4) is 0 Å². The van der Waals surface area contributed by atoms with Crippen LogP contribution in [-0.4, -0.2) is 51.2 Å². The number of amides is 1. The summed E-state index contributed by atoms with van der Waals surface area (Å²) in [6, 6.07) is 0.165. The Balaban J connectivity index is 1.73. The van der Waals surface area contributed by atoms with Gasteiger partial charge in [0.25, 0.3) is 0 Å². The molecule has 0 unspecified atom stereocenters. The van der Waals surface area contributed by atoms with E-state index in [9.17, 15) is 14.9 Å². The molecule has 1 amide bonds. The monoisotopic (exact) mass is 307 g/mol. The summed E-state index contributed by atoms with van der Waals surface area (Å²) in [6.45, 7) is 6.67. The fraction of sp³-hybridized carbons (Fsp3) is 0.571. The Hall–Kier alpha value is -2.22. The van der Waals surface area contributed by atoms with E-state index in [-0.39, 0.29) is 24.2 Å². The van der Waals surface area contributed by atoms with Crippen LogP contribution in [0.25, 0.3) is 0 Å². The van der Waals surface area contributed by atoms with Crippen molar-refractivity contribution >= 4 is 11.6 Å². The van der Waals surface area contributed by atoms with Crippen LogP contribution >= 0.6 is 0 Å². The number of nitrogens with one attached hydrogen (secondary N) is 1. The first kappa shape index (κ1) is 16.2. The van der Waals surface area contributed by atoms with Gasteiger partial charge in [0.15, 0.2) is 0 Å². The predicted molar refractivity (Wildman–Crippen MR) is 81.3 cm³/mol. The fourth-order valence-electron chi connectivity index (χ4n) is 2.53. The summed E-state index contributed by atoms with van der Waals surface area (Å²) in [5, 5.41) is 17.3. The van der Waals surface area contributed by atoms with Crippen LogP contribution in [0, 0.1) is 10.1 Å². The molecule has 0 bridgehead atoms. The van der Waals surface area contributed by atoms with Crippen molar-refractivity contribution in [1.82, 2.24) is 20.0 Å². The first-order chi connectivity index (χ1) is 10.6. The molecule has 8 heteroatoms. The van der Waals surface area contributed by atoms with Crippen LogP contribution < -0.4 is 5.32 Å². The lowest BCUT2D eigenvalue weighted by Crippen LogP contribution is -2.45. The molecule has 1 saturated heterocycles. The molecule has 1 aromatic rings. The first-order valence-corrected chi connectivity index (χ1v) is 7.38. The minimum absolute atomic E-state index is 0.00448. The Morgan fingerprint density at radius 1 is 1.55 bits per heavy atom. The van der Waals surface area contributed by atoms with Crippen LogP contribution in [0.5, 0.6) is 0 Å². The molecule has 0 saturated carbocycles. The van der Waals surface area contributed by atoms with Crippen molar-refractivity contribution in [2.24, 2.45) is 0 Å². The van der Waals surface area contributed by atoms with E-state index in [4.69, 9.17) is 0 Å². The van der Waals surface area contributed by atoms with E-state index >= 15 is 0 Å². The van der Waals surface area contributed by atoms with Crippen molar-refractivity contribution in [2.45, 2.75) is 31.8 Å². The standard InChI is InChI=1S/C14H21N5O3/c1-2-3-6-17-7-4-12(5-8-17)16-14(20)11-18-10-13(9-15-18)19(21)22/h2,9-10,12H,1,3-8,11H2,(H,16,20). The summed E-state index contributed by atoms with van der Waals surface area (Å²) in [5.74, 6) is -0.164. The lowest BCUT2D eigenvalue weighted by Gasteiger charge is -2.32. The number of rotatable bonds is 7. The zero-order valence-corrected chi connectivity index (χ0v) is 12.5. The number of aromatic nitrogens is 2. The predicted octanol–water partition coefficient (Wildman–Crippen LogP) is 0.948. The highest BCUT2D eigenvalue weighted by molar-refractivity contribution is 5.76. The minimum atomic E-state index is -0.527. The Labute approximate surface area is 128 Å². The number of carbonyl (C=O) groups excluding carboxylic acids is 1. The van der Waals surface area contributed by atoms with E-state index in [2.05, 4.69) is 21.9 Å². The summed E-state index contributed by atoms with van der Waals surface area (Å²) in [6.07, 6.45) is 7.14. The molecule has 0 aliphatic carbocycles. The minimum Gasteiger partial charge on any atom is -0.352 e. The Morgan fingerprint density at radius 3 is 2.86 bits per heavy atom. The largest absolute Gasteiger partial charge is 0.352 e. The van der Waals surface area contributed by atoms with Crippen molar-refractivity contribution in [3.05, 3.63) is 35.2 Å². The topological polar surface area (TPSA) is 93.3 Å². The Morgan fingerprint density at radius 2 is 2.27 bits per heavy atom. The average Bonchev–Trinajstić information content (AvgIpc) is 2.95. The highest BCUT2D eigenvalue weighted by atomic mass is 16.6. The summed E-state index contributed by atoms with van der Waals surface area (Å²) in [5.41, 5.74) is -0.108. The van der Waals surface area contributed by atoms with Gasteiger partial charge in [-0.1, -0.05) is 6.08 Å². The molecule has 22 heavy (non-hydrogen) atoms. The van der Waals surface area contributed by atoms with E-state index in [1.807, 2.05) is 6.08 Å². The van der Waals surface area contributed by atoms with Crippen LogP contribution in [0.2, 0.25) is 0 Å². The van der Waals surface area contributed by atoms with Gasteiger partial charge in [-0.25, -0.2) is 0 Å². The molecule has 8 nitrogen and oxygen atoms in total. The molecule has 0 atom stereocenters. The summed E-state index contributed by atoms with van der Waals surface area (Å²) in [4.78, 5) is 24.3. The number of carbonyl (C=O) groups is 1. The van der Waals surface area contributed by atoms with Gasteiger partial charge in [0, 0.05) is 25.7 Å². The maximum absolute atomic E-state index is 11.9. The maximum Gasteiger partial charge on any atom is 0.307 e. The smallest absolute Gasteiger partial charge is 0.307 e. The molecule has 0 spiro atoms. The van der Waals surface area contributed by atoms with Crippen molar-refractivity contribution in [3.63, 3.8) is 0 Å². The normalized spacial score (nSPS) is 16.4. The first-order valence-electron chi connectivity index (χ1n) is 7.38. The average molecular weight is 307 g/mol. The number of hydrogen-bond donors (Lipinski definition) is 1. The zero-order valence-electron chi connectivity index (χ0n) is 12.5. The lowest BCUT2D eigenvalue weighted by atomic mass is 10.0. The third-order valence-electron chi connectivity index (χ3n) is 3.74. The third-order valence-corrected chi connectivity index (χ3v) is 3.74. The van der Waals surface area contributed by atoms with Gasteiger partial charge in [-0.2, -0.15) is 5.10 Å². The summed E-state index contributed by atoms with van der Waals surface area (Å²) < 4.78 is 1.28. The number of piperidine rings is 1. The van der Waals surface area contributed by atoms with Gasteiger partial charge in [0.2, 0.25) is 5.91 Å². The number of nitro groups is 1. The molecule has 120 valence electrons. The highest BCUT2D eigenvalue weighted by Gasteiger charge is 2.20. The second-order valence-electron chi connectivity index (χ2n) is 5.41. The molecule has 1 aliphatic rings. The molecule has 1 fully saturated rings. The van der Waals surface area contributed by atoms with E-state index < -0.39 is 4.92 Å². The molecule has 2 heterocycles.